The molecule has 7 heteroatoms. The fourth-order valence-electron chi connectivity index (χ4n) is 3.31. The summed E-state index contributed by atoms with van der Waals surface area (Å²) in [5.41, 5.74) is 6.73. The molecular weight excluding hydrogens is 442 g/mol. The molecule has 1 heterocycles. The molecule has 6 nitrogen and oxygen atoms in total. The van der Waals surface area contributed by atoms with Gasteiger partial charge in [-0.25, -0.2) is 4.99 Å². The molecule has 3 aromatic rings. The van der Waals surface area contributed by atoms with Crippen molar-refractivity contribution in [3.8, 4) is 0 Å². The van der Waals surface area contributed by atoms with Gasteiger partial charge in [-0.1, -0.05) is 28.1 Å². The molecule has 0 aliphatic heterocycles. The van der Waals surface area contributed by atoms with Crippen LogP contribution in [0.3, 0.4) is 0 Å². The van der Waals surface area contributed by atoms with E-state index in [-0.39, 0.29) is 5.91 Å². The number of nitrogens with one attached hydrogen (secondary N) is 2. The van der Waals surface area contributed by atoms with Crippen molar-refractivity contribution < 1.29 is 4.79 Å². The summed E-state index contributed by atoms with van der Waals surface area (Å²) in [6, 6.07) is 13.4. The summed E-state index contributed by atoms with van der Waals surface area (Å²) in [5, 5.41) is 10.6. The summed E-state index contributed by atoms with van der Waals surface area (Å²) in [7, 11) is 1.92. The molecule has 156 valence electrons. The first-order chi connectivity index (χ1) is 14.2. The van der Waals surface area contributed by atoms with Gasteiger partial charge in [0, 0.05) is 34.0 Å². The van der Waals surface area contributed by atoms with Crippen molar-refractivity contribution in [3.63, 3.8) is 0 Å². The molecule has 30 heavy (non-hydrogen) atoms. The number of nitrogens with zero attached hydrogens (tertiary/aromatic N) is 3. The minimum absolute atomic E-state index is 0.230. The van der Waals surface area contributed by atoms with E-state index < -0.39 is 0 Å². The minimum atomic E-state index is -0.230. The monoisotopic (exact) mass is 467 g/mol. The quantitative estimate of drug-likeness (QED) is 0.426. The number of carbonyl (C=O) groups is 1. The summed E-state index contributed by atoms with van der Waals surface area (Å²) in [6.07, 6.45) is 0. The number of guanidine groups is 1. The lowest BCUT2D eigenvalue weighted by atomic mass is 10.1. The average Bonchev–Trinajstić information content (AvgIpc) is 2.90. The Balaban J connectivity index is 1.89. The fourth-order valence-corrected chi connectivity index (χ4v) is 3.71. The molecule has 0 saturated heterocycles. The van der Waals surface area contributed by atoms with Crippen LogP contribution in [0, 0.1) is 27.7 Å². The smallest absolute Gasteiger partial charge is 0.257 e. The number of aromatic nitrogens is 2. The molecule has 2 N–H and O–H groups in total. The van der Waals surface area contributed by atoms with Gasteiger partial charge in [0.15, 0.2) is 0 Å². The van der Waals surface area contributed by atoms with E-state index in [9.17, 15) is 4.79 Å². The van der Waals surface area contributed by atoms with Crippen molar-refractivity contribution in [2.45, 2.75) is 34.2 Å². The molecule has 0 aliphatic rings. The maximum absolute atomic E-state index is 12.8. The van der Waals surface area contributed by atoms with Crippen LogP contribution in [0.4, 0.5) is 5.69 Å². The molecule has 0 aliphatic carbocycles. The van der Waals surface area contributed by atoms with E-state index in [1.54, 1.807) is 12.1 Å². The maximum atomic E-state index is 12.8. The molecule has 0 bridgehead atoms. The van der Waals surface area contributed by atoms with Crippen molar-refractivity contribution in [1.29, 1.82) is 0 Å². The van der Waals surface area contributed by atoms with Crippen molar-refractivity contribution in [3.05, 3.63) is 80.6 Å². The Morgan fingerprint density at radius 2 is 1.80 bits per heavy atom. The lowest BCUT2D eigenvalue weighted by Gasteiger charge is -2.13. The largest absolute Gasteiger partial charge is 0.326 e. The van der Waals surface area contributed by atoms with E-state index in [1.165, 1.54) is 0 Å². The highest BCUT2D eigenvalue weighted by molar-refractivity contribution is 9.10. The Kier molecular flexibility index (Phi) is 6.72. The van der Waals surface area contributed by atoms with Crippen LogP contribution < -0.4 is 10.6 Å². The summed E-state index contributed by atoms with van der Waals surface area (Å²) >= 11 is 3.41. The number of benzene rings is 2. The first-order valence-corrected chi connectivity index (χ1v) is 10.5. The van der Waals surface area contributed by atoms with Crippen LogP contribution in [0.2, 0.25) is 0 Å². The Labute approximate surface area is 185 Å². The second kappa shape index (κ2) is 9.26. The highest BCUT2D eigenvalue weighted by Crippen LogP contribution is 2.16. The second-order valence-electron chi connectivity index (χ2n) is 7.40. The highest BCUT2D eigenvalue weighted by Gasteiger charge is 2.13. The Morgan fingerprint density at radius 1 is 1.10 bits per heavy atom. The van der Waals surface area contributed by atoms with E-state index in [4.69, 9.17) is 0 Å². The van der Waals surface area contributed by atoms with E-state index in [0.717, 1.165) is 38.2 Å². The minimum Gasteiger partial charge on any atom is -0.326 e. The van der Waals surface area contributed by atoms with Crippen LogP contribution in [0.25, 0.3) is 0 Å². The molecule has 0 atom stereocenters. The second-order valence-corrected chi connectivity index (χ2v) is 8.32. The third-order valence-electron chi connectivity index (χ3n) is 4.86. The van der Waals surface area contributed by atoms with Crippen LogP contribution in [-0.4, -0.2) is 21.6 Å². The zero-order valence-electron chi connectivity index (χ0n) is 17.9. The lowest BCUT2D eigenvalue weighted by Crippen LogP contribution is -2.36. The summed E-state index contributed by atoms with van der Waals surface area (Å²) in [6.45, 7) is 8.48. The van der Waals surface area contributed by atoms with Crippen LogP contribution in [0.1, 0.15) is 38.4 Å². The van der Waals surface area contributed by atoms with Crippen molar-refractivity contribution in [1.82, 2.24) is 15.1 Å². The van der Waals surface area contributed by atoms with Gasteiger partial charge in [0.05, 0.1) is 12.2 Å². The zero-order valence-corrected chi connectivity index (χ0v) is 19.5. The Hall–Kier alpha value is -2.93. The standard InChI is InChI=1S/C23H26BrN5O/c1-14-9-15(2)11-20(10-14)26-23(25-13-21-16(3)28-29(5)17(21)4)27-22(30)18-7-6-8-19(24)12-18/h6-12H,13H2,1-5H3,(H2,25,26,27,30). The number of hydrogen-bond acceptors (Lipinski definition) is 3. The third-order valence-corrected chi connectivity index (χ3v) is 5.35. The van der Waals surface area contributed by atoms with Crippen LogP contribution in [0.15, 0.2) is 51.9 Å². The van der Waals surface area contributed by atoms with Gasteiger partial charge in [0.1, 0.15) is 0 Å². The Bertz CT molecular complexity index is 1100. The lowest BCUT2D eigenvalue weighted by molar-refractivity contribution is 0.0977. The molecule has 1 aromatic heterocycles. The summed E-state index contributed by atoms with van der Waals surface area (Å²) < 4.78 is 2.69. The van der Waals surface area contributed by atoms with Crippen molar-refractivity contribution in [2.75, 3.05) is 5.32 Å². The van der Waals surface area contributed by atoms with Gasteiger partial charge in [-0.3, -0.25) is 14.8 Å². The van der Waals surface area contributed by atoms with E-state index in [1.807, 2.05) is 63.7 Å². The summed E-state index contributed by atoms with van der Waals surface area (Å²) in [4.78, 5) is 17.5. The molecule has 0 saturated carbocycles. The Morgan fingerprint density at radius 3 is 2.40 bits per heavy atom. The van der Waals surface area contributed by atoms with Crippen molar-refractivity contribution >= 4 is 33.5 Å². The number of anilines is 1. The number of rotatable bonds is 4. The predicted octanol–water partition coefficient (Wildman–Crippen LogP) is 4.81. The molecule has 3 rings (SSSR count). The predicted molar refractivity (Wildman–Crippen MR) is 125 cm³/mol. The third kappa shape index (κ3) is 5.36. The molecule has 0 fully saturated rings. The topological polar surface area (TPSA) is 71.3 Å². The van der Waals surface area contributed by atoms with Crippen LogP contribution >= 0.6 is 15.9 Å². The van der Waals surface area contributed by atoms with Crippen LogP contribution in [-0.2, 0) is 13.6 Å². The number of hydrogen-bond donors (Lipinski definition) is 2. The molecular formula is C23H26BrN5O. The van der Waals surface area contributed by atoms with Gasteiger partial charge in [0.25, 0.3) is 5.91 Å². The van der Waals surface area contributed by atoms with Gasteiger partial charge in [-0.15, -0.1) is 0 Å². The molecule has 0 unspecified atom stereocenters. The van der Waals surface area contributed by atoms with E-state index >= 15 is 0 Å². The summed E-state index contributed by atoms with van der Waals surface area (Å²) in [5.74, 6) is 0.166. The van der Waals surface area contributed by atoms with Gasteiger partial charge < -0.3 is 5.32 Å². The molecule has 1 amide bonds. The van der Waals surface area contributed by atoms with E-state index in [2.05, 4.69) is 42.7 Å². The van der Waals surface area contributed by atoms with Gasteiger partial charge in [-0.05, 0) is 69.2 Å². The van der Waals surface area contributed by atoms with Crippen molar-refractivity contribution in [2.24, 2.45) is 12.0 Å². The zero-order chi connectivity index (χ0) is 21.8. The SMILES string of the molecule is Cc1cc(C)cc(NC(=NCc2c(C)nn(C)c2C)NC(=O)c2cccc(Br)c2)c1. The molecule has 2 aromatic carbocycles. The molecule has 0 radical (unpaired) electrons. The number of carbonyl (C=O) groups excluding carboxylic acids is 1. The van der Waals surface area contributed by atoms with Crippen LogP contribution in [0.5, 0.6) is 0 Å². The normalized spacial score (nSPS) is 11.5. The molecule has 0 spiro atoms. The van der Waals surface area contributed by atoms with Gasteiger partial charge >= 0.3 is 0 Å². The number of halogens is 1. The number of amides is 1. The van der Waals surface area contributed by atoms with Gasteiger partial charge in [-0.2, -0.15) is 5.10 Å². The average molecular weight is 468 g/mol. The van der Waals surface area contributed by atoms with E-state index in [0.29, 0.717) is 18.1 Å². The highest BCUT2D eigenvalue weighted by atomic mass is 79.9. The maximum Gasteiger partial charge on any atom is 0.257 e. The first-order valence-electron chi connectivity index (χ1n) is 9.68. The number of aryl methyl sites for hydroxylation is 4. The fraction of sp³-hybridized carbons (Fsp3) is 0.261. The number of aliphatic imine (C=N–C) groups is 1. The first kappa shape index (κ1) is 21.8. The van der Waals surface area contributed by atoms with Gasteiger partial charge in [0.2, 0.25) is 5.96 Å².